The van der Waals surface area contributed by atoms with Gasteiger partial charge >= 0.3 is 24.3 Å². The number of nitrogens with one attached hydrogen (secondary N) is 1. The molecule has 1 aliphatic carbocycles. The lowest BCUT2D eigenvalue weighted by Gasteiger charge is -2.40. The smallest absolute Gasteiger partial charge is 0.481 e. The highest BCUT2D eigenvalue weighted by molar-refractivity contribution is 8.76. The first-order valence-electron chi connectivity index (χ1n) is 9.42. The molecule has 33 heavy (non-hydrogen) atoms. The Morgan fingerprint density at radius 3 is 1.85 bits per heavy atom. The molecule has 0 saturated heterocycles. The van der Waals surface area contributed by atoms with Crippen molar-refractivity contribution in [2.45, 2.75) is 43.5 Å². The topological polar surface area (TPSA) is 104 Å². The summed E-state index contributed by atoms with van der Waals surface area (Å²) in [6.45, 7) is 0.436. The molecule has 2 rings (SSSR count). The molecular weight excluding hydrogens is 500 g/mol. The fourth-order valence-electron chi connectivity index (χ4n) is 2.78. The fourth-order valence-corrected chi connectivity index (χ4v) is 4.66. The number of amides is 1. The van der Waals surface area contributed by atoms with E-state index in [2.05, 4.69) is 5.32 Å². The number of carbonyl (C=O) groups excluding carboxylic acids is 1. The van der Waals surface area contributed by atoms with Crippen LogP contribution in [0, 0.1) is 0 Å². The van der Waals surface area contributed by atoms with Crippen LogP contribution < -0.4 is 5.32 Å². The Kier molecular flexibility index (Phi) is 10.9. The third-order valence-corrected chi connectivity index (χ3v) is 7.01. The first-order valence-corrected chi connectivity index (χ1v) is 11.9. The van der Waals surface area contributed by atoms with Gasteiger partial charge in [0, 0.05) is 18.1 Å². The number of carboxylic acids is 2. The molecule has 1 amide bonds. The summed E-state index contributed by atoms with van der Waals surface area (Å²) in [5.41, 5.74) is -0.825. The van der Waals surface area contributed by atoms with Gasteiger partial charge in [-0.2, -0.15) is 26.3 Å². The summed E-state index contributed by atoms with van der Waals surface area (Å²) in [5, 5.41) is 18.5. The van der Waals surface area contributed by atoms with Crippen molar-refractivity contribution in [1.29, 1.82) is 0 Å². The minimum absolute atomic E-state index is 0.0983. The van der Waals surface area contributed by atoms with Crippen molar-refractivity contribution in [1.82, 2.24) is 5.32 Å². The molecule has 0 radical (unpaired) electrons. The first kappa shape index (κ1) is 28.9. The molecule has 0 aromatic heterocycles. The Morgan fingerprint density at radius 1 is 0.939 bits per heavy atom. The monoisotopic (exact) mass is 521 g/mol. The van der Waals surface area contributed by atoms with Crippen molar-refractivity contribution in [2.75, 3.05) is 18.1 Å². The molecule has 0 aliphatic heterocycles. The summed E-state index contributed by atoms with van der Waals surface area (Å²) >= 11 is 0. The summed E-state index contributed by atoms with van der Waals surface area (Å²) in [4.78, 5) is 31.9. The van der Waals surface area contributed by atoms with Crippen LogP contribution >= 0.6 is 21.6 Å². The zero-order chi connectivity index (χ0) is 25.3. The van der Waals surface area contributed by atoms with E-state index in [0.717, 1.165) is 18.6 Å². The SMILES string of the molecule is O=C(O)C(F)(F)F.O=C(O)CCSSCCNC(=O)C1(c2ccc(C(F)(F)F)cc2)CCC1. The van der Waals surface area contributed by atoms with Crippen molar-refractivity contribution < 1.29 is 50.9 Å². The molecule has 1 aromatic carbocycles. The molecule has 0 bridgehead atoms. The van der Waals surface area contributed by atoms with E-state index in [1.165, 1.54) is 33.7 Å². The molecule has 0 atom stereocenters. The van der Waals surface area contributed by atoms with Crippen LogP contribution in [0.15, 0.2) is 24.3 Å². The number of benzene rings is 1. The second kappa shape index (κ2) is 12.4. The maximum absolute atomic E-state index is 12.7. The zero-order valence-corrected chi connectivity index (χ0v) is 18.6. The van der Waals surface area contributed by atoms with Gasteiger partial charge < -0.3 is 15.5 Å². The molecule has 0 spiro atoms. The Morgan fingerprint density at radius 2 is 1.45 bits per heavy atom. The van der Waals surface area contributed by atoms with Crippen LogP contribution in [-0.4, -0.2) is 52.3 Å². The number of carbonyl (C=O) groups is 3. The van der Waals surface area contributed by atoms with Crippen LogP contribution in [-0.2, 0) is 26.0 Å². The third-order valence-electron chi connectivity index (χ3n) is 4.60. The second-order valence-corrected chi connectivity index (χ2v) is 9.56. The van der Waals surface area contributed by atoms with Gasteiger partial charge in [-0.3, -0.25) is 9.59 Å². The maximum atomic E-state index is 12.7. The number of hydrogen-bond donors (Lipinski definition) is 3. The van der Waals surface area contributed by atoms with Crippen LogP contribution in [0.5, 0.6) is 0 Å². The van der Waals surface area contributed by atoms with E-state index in [1.54, 1.807) is 0 Å². The van der Waals surface area contributed by atoms with Gasteiger partial charge in [0.2, 0.25) is 5.91 Å². The van der Waals surface area contributed by atoms with Crippen LogP contribution in [0.1, 0.15) is 36.8 Å². The van der Waals surface area contributed by atoms with Crippen LogP contribution in [0.4, 0.5) is 26.3 Å². The van der Waals surface area contributed by atoms with E-state index in [4.69, 9.17) is 15.0 Å². The predicted molar refractivity (Wildman–Crippen MR) is 111 cm³/mol. The quantitative estimate of drug-likeness (QED) is 0.245. The average molecular weight is 522 g/mol. The van der Waals surface area contributed by atoms with Crippen molar-refractivity contribution in [3.63, 3.8) is 0 Å². The molecule has 186 valence electrons. The number of hydrogen-bond acceptors (Lipinski definition) is 5. The van der Waals surface area contributed by atoms with Crippen LogP contribution in [0.25, 0.3) is 0 Å². The molecule has 6 nitrogen and oxygen atoms in total. The van der Waals surface area contributed by atoms with E-state index in [1.807, 2.05) is 0 Å². The Labute approximate surface area is 192 Å². The Hall–Kier alpha value is -2.09. The normalized spacial score (nSPS) is 15.0. The lowest BCUT2D eigenvalue weighted by molar-refractivity contribution is -0.192. The Bertz CT molecular complexity index is 810. The summed E-state index contributed by atoms with van der Waals surface area (Å²) in [5.74, 6) is -2.61. The van der Waals surface area contributed by atoms with Gasteiger partial charge in [0.25, 0.3) is 0 Å². The van der Waals surface area contributed by atoms with E-state index in [9.17, 15) is 35.9 Å². The number of carboxylic acid groups (broad SMARTS) is 2. The number of aliphatic carboxylic acids is 2. The molecule has 1 fully saturated rings. The first-order chi connectivity index (χ1) is 15.2. The summed E-state index contributed by atoms with van der Waals surface area (Å²) < 4.78 is 69.8. The average Bonchev–Trinajstić information content (AvgIpc) is 2.65. The summed E-state index contributed by atoms with van der Waals surface area (Å²) in [6, 6.07) is 4.85. The van der Waals surface area contributed by atoms with Gasteiger partial charge in [0.15, 0.2) is 0 Å². The number of alkyl halides is 6. The van der Waals surface area contributed by atoms with Gasteiger partial charge in [-0.15, -0.1) is 0 Å². The van der Waals surface area contributed by atoms with Gasteiger partial charge in [-0.05, 0) is 30.5 Å². The lowest BCUT2D eigenvalue weighted by Crippen LogP contribution is -2.49. The van der Waals surface area contributed by atoms with Gasteiger partial charge in [-0.25, -0.2) is 4.79 Å². The summed E-state index contributed by atoms with van der Waals surface area (Å²) in [7, 11) is 2.93. The molecule has 1 aromatic rings. The molecular formula is C19H21F6NO5S2. The highest BCUT2D eigenvalue weighted by atomic mass is 33.1. The third kappa shape index (κ3) is 9.35. The molecule has 3 N–H and O–H groups in total. The highest BCUT2D eigenvalue weighted by Gasteiger charge is 2.45. The van der Waals surface area contributed by atoms with E-state index in [-0.39, 0.29) is 12.3 Å². The van der Waals surface area contributed by atoms with Crippen molar-refractivity contribution in [3.05, 3.63) is 35.4 Å². The van der Waals surface area contributed by atoms with Gasteiger partial charge in [0.05, 0.1) is 17.4 Å². The van der Waals surface area contributed by atoms with E-state index in [0.29, 0.717) is 36.5 Å². The minimum Gasteiger partial charge on any atom is -0.481 e. The molecule has 0 unspecified atom stereocenters. The van der Waals surface area contributed by atoms with Crippen molar-refractivity contribution in [2.24, 2.45) is 0 Å². The lowest BCUT2D eigenvalue weighted by atomic mass is 9.63. The van der Waals surface area contributed by atoms with E-state index < -0.39 is 35.3 Å². The van der Waals surface area contributed by atoms with Gasteiger partial charge in [-0.1, -0.05) is 40.1 Å². The molecule has 14 heteroatoms. The summed E-state index contributed by atoms with van der Waals surface area (Å²) in [6.07, 6.45) is -7.24. The van der Waals surface area contributed by atoms with Crippen molar-refractivity contribution >= 4 is 39.4 Å². The maximum Gasteiger partial charge on any atom is 0.490 e. The number of rotatable bonds is 9. The van der Waals surface area contributed by atoms with Crippen molar-refractivity contribution in [3.8, 4) is 0 Å². The van der Waals surface area contributed by atoms with Crippen LogP contribution in [0.2, 0.25) is 0 Å². The highest BCUT2D eigenvalue weighted by Crippen LogP contribution is 2.44. The fraction of sp³-hybridized carbons (Fsp3) is 0.526. The van der Waals surface area contributed by atoms with E-state index >= 15 is 0 Å². The zero-order valence-electron chi connectivity index (χ0n) is 17.0. The number of halogens is 6. The molecule has 1 saturated carbocycles. The molecule has 0 heterocycles. The van der Waals surface area contributed by atoms with Gasteiger partial charge in [0.1, 0.15) is 0 Å². The second-order valence-electron chi connectivity index (χ2n) is 6.86. The largest absolute Gasteiger partial charge is 0.490 e. The standard InChI is InChI=1S/C17H20F3NO3S2.C2HF3O2/c18-17(19,20)13-4-2-12(3-5-13)16(7-1-8-16)15(24)21-9-11-26-25-10-6-14(22)23;3-2(4,5)1(6)7/h2-5H,1,6-11H2,(H,21,24)(H,22,23);(H,6,7). The Balaban J connectivity index is 0.000000675. The predicted octanol–water partition coefficient (Wildman–Crippen LogP) is 4.73. The molecule has 1 aliphatic rings. The minimum atomic E-state index is -5.08. The van der Waals surface area contributed by atoms with Crippen LogP contribution in [0.3, 0.4) is 0 Å².